The molecule has 0 aliphatic carbocycles. The topological polar surface area (TPSA) is 80.7 Å². The van der Waals surface area contributed by atoms with Crippen molar-refractivity contribution >= 4 is 16.1 Å². The van der Waals surface area contributed by atoms with E-state index >= 15 is 0 Å². The first-order valence-electron chi connectivity index (χ1n) is 5.50. The van der Waals surface area contributed by atoms with E-state index in [1.54, 1.807) is 6.07 Å². The van der Waals surface area contributed by atoms with Crippen molar-refractivity contribution in [3.63, 3.8) is 0 Å². The number of benzene rings is 1. The van der Waals surface area contributed by atoms with Crippen LogP contribution in [0, 0.1) is 0 Å². The Labute approximate surface area is 121 Å². The lowest BCUT2D eigenvalue weighted by Gasteiger charge is -2.26. The smallest absolute Gasteiger partial charge is 0.432 e. The molecule has 0 saturated heterocycles. The molecule has 0 spiro atoms. The van der Waals surface area contributed by atoms with E-state index in [-0.39, 0.29) is 5.56 Å². The molecule has 1 atom stereocenters. The summed E-state index contributed by atoms with van der Waals surface area (Å²) in [5, 5.41) is -5.72. The maximum Gasteiger partial charge on any atom is 0.432 e. The molecule has 1 aromatic rings. The SMILES string of the molecule is O=C(Cc1ccccc1)OC(C(F)(F)F)C(F)(F)S(=O)(=O)O. The summed E-state index contributed by atoms with van der Waals surface area (Å²) >= 11 is 0. The summed E-state index contributed by atoms with van der Waals surface area (Å²) in [7, 11) is -6.43. The molecule has 0 aliphatic heterocycles. The zero-order valence-corrected chi connectivity index (χ0v) is 11.4. The van der Waals surface area contributed by atoms with Crippen LogP contribution in [0.15, 0.2) is 30.3 Å². The molecule has 0 fully saturated rings. The minimum absolute atomic E-state index is 0.170. The average molecular weight is 348 g/mol. The number of carbonyl (C=O) groups excluding carboxylic acids is 1. The Morgan fingerprint density at radius 2 is 1.64 bits per heavy atom. The molecule has 1 unspecified atom stereocenters. The van der Waals surface area contributed by atoms with Crippen LogP contribution in [0.1, 0.15) is 5.56 Å². The van der Waals surface area contributed by atoms with E-state index in [0.717, 1.165) is 0 Å². The lowest BCUT2D eigenvalue weighted by molar-refractivity contribution is -0.258. The molecule has 1 aromatic carbocycles. The van der Waals surface area contributed by atoms with Crippen LogP contribution < -0.4 is 0 Å². The molecule has 124 valence electrons. The van der Waals surface area contributed by atoms with Crippen LogP contribution in [0.4, 0.5) is 22.0 Å². The zero-order valence-electron chi connectivity index (χ0n) is 10.5. The first-order valence-corrected chi connectivity index (χ1v) is 6.94. The van der Waals surface area contributed by atoms with Crippen LogP contribution in [0.5, 0.6) is 0 Å². The second-order valence-electron chi connectivity index (χ2n) is 4.11. The number of alkyl halides is 5. The molecule has 5 nitrogen and oxygen atoms in total. The molecular formula is C11H9F5O5S. The van der Waals surface area contributed by atoms with Gasteiger partial charge in [-0.2, -0.15) is 30.4 Å². The van der Waals surface area contributed by atoms with Crippen molar-refractivity contribution in [2.45, 2.75) is 24.0 Å². The largest absolute Gasteiger partial charge is 0.444 e. The van der Waals surface area contributed by atoms with E-state index in [4.69, 9.17) is 4.55 Å². The zero-order chi connectivity index (χ0) is 17.2. The molecule has 11 heteroatoms. The van der Waals surface area contributed by atoms with Gasteiger partial charge < -0.3 is 4.74 Å². The van der Waals surface area contributed by atoms with Gasteiger partial charge in [0.2, 0.25) is 0 Å². The van der Waals surface area contributed by atoms with Gasteiger partial charge in [0.05, 0.1) is 6.42 Å². The lowest BCUT2D eigenvalue weighted by atomic mass is 10.1. The van der Waals surface area contributed by atoms with Crippen molar-refractivity contribution in [3.8, 4) is 0 Å². The van der Waals surface area contributed by atoms with Crippen LogP contribution in [-0.2, 0) is 26.1 Å². The number of esters is 1. The maximum atomic E-state index is 13.2. The Morgan fingerprint density at radius 1 is 1.14 bits per heavy atom. The molecule has 0 saturated carbocycles. The summed E-state index contributed by atoms with van der Waals surface area (Å²) in [4.78, 5) is 11.3. The summed E-state index contributed by atoms with van der Waals surface area (Å²) in [6, 6.07) is 7.07. The Hall–Kier alpha value is -1.75. The molecule has 0 heterocycles. The summed E-state index contributed by atoms with van der Waals surface area (Å²) in [6.07, 6.45) is -11.0. The fraction of sp³-hybridized carbons (Fsp3) is 0.364. The first-order chi connectivity index (χ1) is 9.85. The molecule has 0 bridgehead atoms. The highest BCUT2D eigenvalue weighted by Crippen LogP contribution is 2.38. The Morgan fingerprint density at radius 3 is 2.05 bits per heavy atom. The molecule has 0 aliphatic rings. The van der Waals surface area contributed by atoms with E-state index in [1.807, 2.05) is 0 Å². The quantitative estimate of drug-likeness (QED) is 0.501. The van der Waals surface area contributed by atoms with Crippen LogP contribution in [0.2, 0.25) is 0 Å². The van der Waals surface area contributed by atoms with Crippen molar-refractivity contribution in [1.82, 2.24) is 0 Å². The average Bonchev–Trinajstić information content (AvgIpc) is 2.34. The van der Waals surface area contributed by atoms with Gasteiger partial charge in [-0.15, -0.1) is 0 Å². The number of carbonyl (C=O) groups is 1. The molecule has 1 N–H and O–H groups in total. The van der Waals surface area contributed by atoms with Gasteiger partial charge in [0.25, 0.3) is 6.10 Å². The Kier molecular flexibility index (Phi) is 5.13. The fourth-order valence-electron chi connectivity index (χ4n) is 1.40. The summed E-state index contributed by atoms with van der Waals surface area (Å²) in [6.45, 7) is 0. The summed E-state index contributed by atoms with van der Waals surface area (Å²) in [5.74, 6) is -1.73. The summed E-state index contributed by atoms with van der Waals surface area (Å²) < 4.78 is 96.4. The van der Waals surface area contributed by atoms with Gasteiger partial charge in [0.15, 0.2) is 0 Å². The van der Waals surface area contributed by atoms with Crippen molar-refractivity contribution in [1.29, 1.82) is 0 Å². The third-order valence-corrected chi connectivity index (χ3v) is 3.29. The van der Waals surface area contributed by atoms with Gasteiger partial charge in [-0.05, 0) is 5.56 Å². The van der Waals surface area contributed by atoms with Gasteiger partial charge in [-0.1, -0.05) is 30.3 Å². The molecule has 0 aromatic heterocycles. The van der Waals surface area contributed by atoms with Gasteiger partial charge >= 0.3 is 27.5 Å². The van der Waals surface area contributed by atoms with Crippen LogP contribution >= 0.6 is 0 Å². The van der Waals surface area contributed by atoms with E-state index < -0.39 is 40.0 Å². The second kappa shape index (κ2) is 6.16. The number of hydrogen-bond donors (Lipinski definition) is 1. The lowest BCUT2D eigenvalue weighted by Crippen LogP contribution is -2.52. The molecule has 1 rings (SSSR count). The number of rotatable bonds is 5. The first kappa shape index (κ1) is 18.3. The number of halogens is 5. The van der Waals surface area contributed by atoms with E-state index in [2.05, 4.69) is 4.74 Å². The normalized spacial score (nSPS) is 14.5. The van der Waals surface area contributed by atoms with Gasteiger partial charge in [-0.25, -0.2) is 0 Å². The highest BCUT2D eigenvalue weighted by molar-refractivity contribution is 7.86. The number of hydrogen-bond acceptors (Lipinski definition) is 4. The highest BCUT2D eigenvalue weighted by atomic mass is 32.2. The third-order valence-electron chi connectivity index (χ3n) is 2.39. The van der Waals surface area contributed by atoms with Crippen LogP contribution in [-0.4, -0.2) is 36.5 Å². The maximum absolute atomic E-state index is 13.2. The predicted octanol–water partition coefficient (Wildman–Crippen LogP) is 2.18. The third kappa shape index (κ3) is 4.37. The molecule has 22 heavy (non-hydrogen) atoms. The minimum atomic E-state index is -6.43. The number of ether oxygens (including phenoxy) is 1. The molecular weight excluding hydrogens is 339 g/mol. The van der Waals surface area contributed by atoms with Crippen molar-refractivity contribution in [2.75, 3.05) is 0 Å². The standard InChI is InChI=1S/C11H9F5O5S/c12-10(13,14)9(11(15,16)22(18,19)20)21-8(17)6-7-4-2-1-3-5-7/h1-5,9H,6H2,(H,18,19,20). The van der Waals surface area contributed by atoms with Crippen molar-refractivity contribution in [3.05, 3.63) is 35.9 Å². The van der Waals surface area contributed by atoms with Crippen molar-refractivity contribution < 1.29 is 44.5 Å². The molecule has 0 amide bonds. The highest BCUT2D eigenvalue weighted by Gasteiger charge is 2.65. The van der Waals surface area contributed by atoms with E-state index in [1.165, 1.54) is 24.3 Å². The van der Waals surface area contributed by atoms with E-state index in [0.29, 0.717) is 0 Å². The van der Waals surface area contributed by atoms with Crippen LogP contribution in [0.25, 0.3) is 0 Å². The Balaban J connectivity index is 2.99. The fourth-order valence-corrected chi connectivity index (χ4v) is 1.85. The minimum Gasteiger partial charge on any atom is -0.444 e. The monoisotopic (exact) mass is 348 g/mol. The van der Waals surface area contributed by atoms with Gasteiger partial charge in [0.1, 0.15) is 0 Å². The van der Waals surface area contributed by atoms with Crippen LogP contribution in [0.3, 0.4) is 0 Å². The second-order valence-corrected chi connectivity index (χ2v) is 5.61. The Bertz CT molecular complexity index is 626. The van der Waals surface area contributed by atoms with Gasteiger partial charge in [0, 0.05) is 0 Å². The molecule has 0 radical (unpaired) electrons. The predicted molar refractivity (Wildman–Crippen MR) is 62.6 cm³/mol. The van der Waals surface area contributed by atoms with E-state index in [9.17, 15) is 35.2 Å². The van der Waals surface area contributed by atoms with Gasteiger partial charge in [-0.3, -0.25) is 9.35 Å². The van der Waals surface area contributed by atoms with Crippen molar-refractivity contribution in [2.24, 2.45) is 0 Å². The summed E-state index contributed by atoms with van der Waals surface area (Å²) in [5.41, 5.74) is 0.170.